The van der Waals surface area contributed by atoms with Gasteiger partial charge in [-0.25, -0.2) is 0 Å². The highest BCUT2D eigenvalue weighted by molar-refractivity contribution is 5.40. The van der Waals surface area contributed by atoms with Gasteiger partial charge in [-0.15, -0.1) is 0 Å². The zero-order valence-electron chi connectivity index (χ0n) is 11.7. The van der Waals surface area contributed by atoms with E-state index < -0.39 is 0 Å². The molecule has 1 aliphatic heterocycles. The Morgan fingerprint density at radius 1 is 1.37 bits per heavy atom. The first kappa shape index (κ1) is 14.2. The van der Waals surface area contributed by atoms with Gasteiger partial charge in [0, 0.05) is 0 Å². The first-order chi connectivity index (χ1) is 9.22. The Labute approximate surface area is 114 Å². The van der Waals surface area contributed by atoms with E-state index in [0.29, 0.717) is 19.3 Å². The van der Waals surface area contributed by atoms with E-state index >= 15 is 0 Å². The monoisotopic (exact) mass is 265 g/mol. The number of hydrogen-bond acceptors (Lipinski definition) is 4. The van der Waals surface area contributed by atoms with Crippen LogP contribution in [-0.4, -0.2) is 32.5 Å². The maximum Gasteiger partial charge on any atom is 0.122 e. The summed E-state index contributed by atoms with van der Waals surface area (Å²) < 4.78 is 16.9. The summed E-state index contributed by atoms with van der Waals surface area (Å²) in [5, 5.41) is 0. The zero-order chi connectivity index (χ0) is 13.7. The van der Waals surface area contributed by atoms with Gasteiger partial charge in [0.1, 0.15) is 18.1 Å². The van der Waals surface area contributed by atoms with Crippen molar-refractivity contribution in [2.45, 2.75) is 38.4 Å². The van der Waals surface area contributed by atoms with Crippen molar-refractivity contribution in [2.75, 3.05) is 20.3 Å². The minimum Gasteiger partial charge on any atom is -0.497 e. The van der Waals surface area contributed by atoms with Gasteiger partial charge in [0.15, 0.2) is 0 Å². The molecule has 106 valence electrons. The number of benzene rings is 1. The molecule has 2 unspecified atom stereocenters. The van der Waals surface area contributed by atoms with Gasteiger partial charge in [-0.3, -0.25) is 0 Å². The summed E-state index contributed by atoms with van der Waals surface area (Å²) in [5.41, 5.74) is 6.73. The minimum absolute atomic E-state index is 0.211. The highest BCUT2D eigenvalue weighted by Crippen LogP contribution is 2.26. The van der Waals surface area contributed by atoms with Crippen LogP contribution in [0.25, 0.3) is 0 Å². The smallest absolute Gasteiger partial charge is 0.122 e. The average molecular weight is 265 g/mol. The fourth-order valence-electron chi connectivity index (χ4n) is 2.37. The number of ether oxygens (including phenoxy) is 3. The van der Waals surface area contributed by atoms with Crippen molar-refractivity contribution in [1.82, 2.24) is 0 Å². The second-order valence-electron chi connectivity index (χ2n) is 4.97. The van der Waals surface area contributed by atoms with Crippen molar-refractivity contribution in [3.05, 3.63) is 23.8 Å². The van der Waals surface area contributed by atoms with Crippen molar-refractivity contribution in [2.24, 2.45) is 5.73 Å². The molecular formula is C15H23NO3. The minimum atomic E-state index is 0.211. The Balaban J connectivity index is 1.98. The number of methoxy groups -OCH3 is 1. The van der Waals surface area contributed by atoms with E-state index in [1.807, 2.05) is 18.2 Å². The van der Waals surface area contributed by atoms with Crippen LogP contribution in [0, 0.1) is 0 Å². The van der Waals surface area contributed by atoms with Gasteiger partial charge in [-0.05, 0) is 56.5 Å². The molecule has 1 aromatic rings. The molecule has 2 N–H and O–H groups in total. The number of rotatable bonds is 6. The molecule has 1 saturated heterocycles. The largest absolute Gasteiger partial charge is 0.497 e. The lowest BCUT2D eigenvalue weighted by atomic mass is 10.1. The van der Waals surface area contributed by atoms with Crippen LogP contribution in [0.15, 0.2) is 18.2 Å². The second-order valence-corrected chi connectivity index (χ2v) is 4.97. The quantitative estimate of drug-likeness (QED) is 0.856. The van der Waals surface area contributed by atoms with Crippen LogP contribution in [-0.2, 0) is 11.2 Å². The first-order valence-electron chi connectivity index (χ1n) is 6.88. The SMILES string of the molecule is COc1ccc(OCC2CCC(C)O2)c(CCN)c1. The van der Waals surface area contributed by atoms with Gasteiger partial charge in [-0.2, -0.15) is 0 Å². The van der Waals surface area contributed by atoms with E-state index in [2.05, 4.69) is 6.92 Å². The van der Waals surface area contributed by atoms with Gasteiger partial charge >= 0.3 is 0 Å². The van der Waals surface area contributed by atoms with E-state index in [1.165, 1.54) is 0 Å². The first-order valence-corrected chi connectivity index (χ1v) is 6.88. The van der Waals surface area contributed by atoms with E-state index in [-0.39, 0.29) is 6.10 Å². The Morgan fingerprint density at radius 3 is 2.84 bits per heavy atom. The summed E-state index contributed by atoms with van der Waals surface area (Å²) in [4.78, 5) is 0. The number of hydrogen-bond donors (Lipinski definition) is 1. The molecule has 1 aliphatic rings. The highest BCUT2D eigenvalue weighted by atomic mass is 16.5. The molecule has 0 radical (unpaired) electrons. The van der Waals surface area contributed by atoms with Crippen LogP contribution in [0.1, 0.15) is 25.3 Å². The van der Waals surface area contributed by atoms with E-state index in [0.717, 1.165) is 36.3 Å². The molecule has 2 rings (SSSR count). The van der Waals surface area contributed by atoms with Crippen molar-refractivity contribution < 1.29 is 14.2 Å². The van der Waals surface area contributed by atoms with Crippen LogP contribution in [0.3, 0.4) is 0 Å². The lowest BCUT2D eigenvalue weighted by Crippen LogP contribution is -2.18. The van der Waals surface area contributed by atoms with E-state index in [4.69, 9.17) is 19.9 Å². The Bertz CT molecular complexity index is 408. The van der Waals surface area contributed by atoms with E-state index in [9.17, 15) is 0 Å². The summed E-state index contributed by atoms with van der Waals surface area (Å²) in [6.45, 7) is 3.31. The third-order valence-corrected chi connectivity index (χ3v) is 3.43. The summed E-state index contributed by atoms with van der Waals surface area (Å²) >= 11 is 0. The van der Waals surface area contributed by atoms with Gasteiger partial charge < -0.3 is 19.9 Å². The molecule has 1 heterocycles. The highest BCUT2D eigenvalue weighted by Gasteiger charge is 2.22. The van der Waals surface area contributed by atoms with Gasteiger partial charge in [0.05, 0.1) is 19.3 Å². The fraction of sp³-hybridized carbons (Fsp3) is 0.600. The van der Waals surface area contributed by atoms with Crippen molar-refractivity contribution in [3.63, 3.8) is 0 Å². The van der Waals surface area contributed by atoms with Crippen molar-refractivity contribution in [3.8, 4) is 11.5 Å². The van der Waals surface area contributed by atoms with E-state index in [1.54, 1.807) is 7.11 Å². The van der Waals surface area contributed by atoms with Gasteiger partial charge in [0.25, 0.3) is 0 Å². The van der Waals surface area contributed by atoms with Crippen LogP contribution >= 0.6 is 0 Å². The molecular weight excluding hydrogens is 242 g/mol. The molecule has 4 nitrogen and oxygen atoms in total. The third-order valence-electron chi connectivity index (χ3n) is 3.43. The molecule has 0 bridgehead atoms. The predicted molar refractivity (Wildman–Crippen MR) is 74.8 cm³/mol. The molecule has 0 spiro atoms. The Morgan fingerprint density at radius 2 is 2.21 bits per heavy atom. The second kappa shape index (κ2) is 6.78. The van der Waals surface area contributed by atoms with Crippen LogP contribution in [0.5, 0.6) is 11.5 Å². The van der Waals surface area contributed by atoms with Crippen LogP contribution in [0.2, 0.25) is 0 Å². The van der Waals surface area contributed by atoms with Crippen molar-refractivity contribution in [1.29, 1.82) is 0 Å². The van der Waals surface area contributed by atoms with Gasteiger partial charge in [-0.1, -0.05) is 0 Å². The molecule has 1 aromatic carbocycles. The lowest BCUT2D eigenvalue weighted by Gasteiger charge is -2.16. The third kappa shape index (κ3) is 3.85. The number of nitrogens with two attached hydrogens (primary N) is 1. The summed E-state index contributed by atoms with van der Waals surface area (Å²) in [6, 6.07) is 5.84. The van der Waals surface area contributed by atoms with Crippen LogP contribution in [0.4, 0.5) is 0 Å². The van der Waals surface area contributed by atoms with Gasteiger partial charge in [0.2, 0.25) is 0 Å². The van der Waals surface area contributed by atoms with Crippen LogP contribution < -0.4 is 15.2 Å². The maximum absolute atomic E-state index is 5.89. The standard InChI is InChI=1S/C15H23NO3/c1-11-3-4-14(19-11)10-18-15-6-5-13(17-2)9-12(15)7-8-16/h5-6,9,11,14H,3-4,7-8,10,16H2,1-2H3. The normalized spacial score (nSPS) is 22.5. The molecule has 4 heteroatoms. The molecule has 0 amide bonds. The molecule has 0 aromatic heterocycles. The topological polar surface area (TPSA) is 53.7 Å². The zero-order valence-corrected chi connectivity index (χ0v) is 11.7. The fourth-order valence-corrected chi connectivity index (χ4v) is 2.37. The Hall–Kier alpha value is -1.26. The molecule has 19 heavy (non-hydrogen) atoms. The summed E-state index contributed by atoms with van der Waals surface area (Å²) in [5.74, 6) is 1.72. The summed E-state index contributed by atoms with van der Waals surface area (Å²) in [7, 11) is 1.66. The van der Waals surface area contributed by atoms with Crippen molar-refractivity contribution >= 4 is 0 Å². The average Bonchev–Trinajstić information content (AvgIpc) is 2.83. The predicted octanol–water partition coefficient (Wildman–Crippen LogP) is 2.14. The lowest BCUT2D eigenvalue weighted by molar-refractivity contribution is 0.0262. The molecule has 2 atom stereocenters. The Kier molecular flexibility index (Phi) is 5.05. The molecule has 0 saturated carbocycles. The molecule has 0 aliphatic carbocycles. The maximum atomic E-state index is 5.89. The molecule has 1 fully saturated rings. The summed E-state index contributed by atoms with van der Waals surface area (Å²) in [6.07, 6.45) is 3.54.